The van der Waals surface area contributed by atoms with Gasteiger partial charge in [0.1, 0.15) is 0 Å². The lowest BCUT2D eigenvalue weighted by Gasteiger charge is -2.53. The SMILES string of the molecule is CC(C)C1CCCC2(CN(C(=O)C3CC3)C2)CN1C(C)C. The fraction of sp³-hybridized carbons (Fsp3) is 0.944. The van der Waals surface area contributed by atoms with E-state index >= 15 is 0 Å². The zero-order valence-corrected chi connectivity index (χ0v) is 14.3. The summed E-state index contributed by atoms with van der Waals surface area (Å²) < 4.78 is 0. The number of rotatable bonds is 3. The first kappa shape index (κ1) is 15.3. The van der Waals surface area contributed by atoms with Crippen molar-refractivity contribution in [1.82, 2.24) is 9.80 Å². The number of likely N-dealkylation sites (tertiary alicyclic amines) is 2. The molecule has 1 atom stereocenters. The number of hydrogen-bond donors (Lipinski definition) is 0. The summed E-state index contributed by atoms with van der Waals surface area (Å²) in [6.45, 7) is 12.6. The maximum atomic E-state index is 12.2. The van der Waals surface area contributed by atoms with Crippen LogP contribution in [0.1, 0.15) is 59.8 Å². The topological polar surface area (TPSA) is 23.6 Å². The molecule has 1 spiro atoms. The predicted octanol–water partition coefficient (Wildman–Crippen LogP) is 3.14. The van der Waals surface area contributed by atoms with Crippen LogP contribution in [0.3, 0.4) is 0 Å². The Morgan fingerprint density at radius 3 is 2.24 bits per heavy atom. The molecule has 1 amide bonds. The van der Waals surface area contributed by atoms with E-state index in [0.29, 0.717) is 23.3 Å². The van der Waals surface area contributed by atoms with Crippen LogP contribution in [0, 0.1) is 17.3 Å². The molecule has 1 unspecified atom stereocenters. The minimum absolute atomic E-state index is 0.387. The summed E-state index contributed by atoms with van der Waals surface area (Å²) in [5.74, 6) is 1.56. The Morgan fingerprint density at radius 1 is 1.05 bits per heavy atom. The second kappa shape index (κ2) is 5.57. The predicted molar refractivity (Wildman–Crippen MR) is 86.1 cm³/mol. The summed E-state index contributed by atoms with van der Waals surface area (Å²) in [4.78, 5) is 17.1. The lowest BCUT2D eigenvalue weighted by atomic mass is 9.75. The summed E-state index contributed by atoms with van der Waals surface area (Å²) in [5, 5.41) is 0. The molecule has 1 saturated carbocycles. The van der Waals surface area contributed by atoms with Gasteiger partial charge in [0.2, 0.25) is 5.91 Å². The van der Waals surface area contributed by atoms with E-state index in [1.54, 1.807) is 0 Å². The molecular formula is C18H32N2O. The fourth-order valence-electron chi connectivity index (χ4n) is 4.48. The maximum Gasteiger partial charge on any atom is 0.225 e. The van der Waals surface area contributed by atoms with Crippen molar-refractivity contribution in [3.05, 3.63) is 0 Å². The molecule has 2 heterocycles. The first-order valence-electron chi connectivity index (χ1n) is 8.96. The van der Waals surface area contributed by atoms with Gasteiger partial charge in [0.25, 0.3) is 0 Å². The van der Waals surface area contributed by atoms with Crippen molar-refractivity contribution in [3.8, 4) is 0 Å². The van der Waals surface area contributed by atoms with Crippen molar-refractivity contribution >= 4 is 5.91 Å². The first-order valence-corrected chi connectivity index (χ1v) is 8.96. The van der Waals surface area contributed by atoms with Gasteiger partial charge in [0.15, 0.2) is 0 Å². The monoisotopic (exact) mass is 292 g/mol. The number of carbonyl (C=O) groups is 1. The molecule has 0 aromatic carbocycles. The smallest absolute Gasteiger partial charge is 0.225 e. The van der Waals surface area contributed by atoms with E-state index in [1.165, 1.54) is 25.8 Å². The van der Waals surface area contributed by atoms with Crippen molar-refractivity contribution in [1.29, 1.82) is 0 Å². The molecule has 3 heteroatoms. The zero-order chi connectivity index (χ0) is 15.2. The Morgan fingerprint density at radius 2 is 1.71 bits per heavy atom. The summed E-state index contributed by atoms with van der Waals surface area (Å²) >= 11 is 0. The van der Waals surface area contributed by atoms with Gasteiger partial charge in [-0.3, -0.25) is 9.69 Å². The van der Waals surface area contributed by atoms with Crippen LogP contribution >= 0.6 is 0 Å². The van der Waals surface area contributed by atoms with Crippen molar-refractivity contribution in [2.75, 3.05) is 19.6 Å². The number of amides is 1. The minimum Gasteiger partial charge on any atom is -0.341 e. The zero-order valence-electron chi connectivity index (χ0n) is 14.3. The Balaban J connectivity index is 1.66. The van der Waals surface area contributed by atoms with Crippen LogP contribution < -0.4 is 0 Å². The van der Waals surface area contributed by atoms with Crippen molar-refractivity contribution < 1.29 is 4.79 Å². The average Bonchev–Trinajstić information content (AvgIpc) is 3.20. The normalized spacial score (nSPS) is 29.8. The van der Waals surface area contributed by atoms with Gasteiger partial charge in [0, 0.05) is 43.1 Å². The van der Waals surface area contributed by atoms with Crippen LogP contribution in [0.25, 0.3) is 0 Å². The molecule has 3 fully saturated rings. The van der Waals surface area contributed by atoms with E-state index in [-0.39, 0.29) is 0 Å². The third-order valence-corrected chi connectivity index (χ3v) is 5.87. The summed E-state index contributed by atoms with van der Waals surface area (Å²) in [6, 6.07) is 1.33. The second-order valence-electron chi connectivity index (χ2n) is 8.44. The van der Waals surface area contributed by atoms with Gasteiger partial charge in [-0.05, 0) is 45.4 Å². The standard InChI is InChI=1S/C18H32N2O/c1-13(2)16-6-5-9-18(12-20(16)14(3)4)10-19(11-18)17(21)15-7-8-15/h13-16H,5-12H2,1-4H3. The molecule has 3 nitrogen and oxygen atoms in total. The highest BCUT2D eigenvalue weighted by Gasteiger charge is 2.50. The van der Waals surface area contributed by atoms with Crippen LogP contribution in [0.4, 0.5) is 0 Å². The number of nitrogens with zero attached hydrogens (tertiary/aromatic N) is 2. The summed E-state index contributed by atoms with van der Waals surface area (Å²) in [6.07, 6.45) is 6.24. The first-order chi connectivity index (χ1) is 9.92. The molecular weight excluding hydrogens is 260 g/mol. The Bertz CT molecular complexity index is 394. The van der Waals surface area contributed by atoms with Crippen molar-refractivity contribution in [2.45, 2.75) is 71.9 Å². The highest BCUT2D eigenvalue weighted by atomic mass is 16.2. The molecule has 2 aliphatic heterocycles. The van der Waals surface area contributed by atoms with E-state index < -0.39 is 0 Å². The van der Waals surface area contributed by atoms with Gasteiger partial charge in [-0.1, -0.05) is 20.3 Å². The quantitative estimate of drug-likeness (QED) is 0.798. The fourth-order valence-corrected chi connectivity index (χ4v) is 4.48. The molecule has 2 saturated heterocycles. The molecule has 0 aromatic rings. The van der Waals surface area contributed by atoms with Crippen LogP contribution in [0.2, 0.25) is 0 Å². The van der Waals surface area contributed by atoms with Gasteiger partial charge >= 0.3 is 0 Å². The van der Waals surface area contributed by atoms with Crippen LogP contribution in [-0.4, -0.2) is 47.4 Å². The van der Waals surface area contributed by atoms with Gasteiger partial charge in [0.05, 0.1) is 0 Å². The van der Waals surface area contributed by atoms with E-state index in [9.17, 15) is 4.79 Å². The van der Waals surface area contributed by atoms with Gasteiger partial charge in [-0.2, -0.15) is 0 Å². The van der Waals surface area contributed by atoms with Crippen LogP contribution in [0.15, 0.2) is 0 Å². The van der Waals surface area contributed by atoms with E-state index in [4.69, 9.17) is 0 Å². The molecule has 0 N–H and O–H groups in total. The second-order valence-corrected chi connectivity index (χ2v) is 8.44. The highest BCUT2D eigenvalue weighted by molar-refractivity contribution is 5.82. The van der Waals surface area contributed by atoms with Gasteiger partial charge in [-0.15, -0.1) is 0 Å². The number of carbonyl (C=O) groups excluding carboxylic acids is 1. The maximum absolute atomic E-state index is 12.2. The molecule has 1 aliphatic carbocycles. The van der Waals surface area contributed by atoms with E-state index in [1.807, 2.05) is 0 Å². The van der Waals surface area contributed by atoms with Gasteiger partial charge in [-0.25, -0.2) is 0 Å². The van der Waals surface area contributed by atoms with Gasteiger partial charge < -0.3 is 4.90 Å². The highest BCUT2D eigenvalue weighted by Crippen LogP contribution is 2.43. The summed E-state index contributed by atoms with van der Waals surface area (Å²) in [7, 11) is 0. The third-order valence-electron chi connectivity index (χ3n) is 5.87. The van der Waals surface area contributed by atoms with Crippen LogP contribution in [-0.2, 0) is 4.79 Å². The Labute approximate surface area is 130 Å². The molecule has 0 aromatic heterocycles. The summed E-state index contributed by atoms with van der Waals surface area (Å²) in [5.41, 5.74) is 0.401. The molecule has 0 radical (unpaired) electrons. The number of hydrogen-bond acceptors (Lipinski definition) is 2. The molecule has 120 valence electrons. The molecule has 3 rings (SSSR count). The van der Waals surface area contributed by atoms with Crippen molar-refractivity contribution in [2.24, 2.45) is 17.3 Å². The molecule has 3 aliphatic rings. The van der Waals surface area contributed by atoms with E-state index in [0.717, 1.165) is 37.9 Å². The minimum atomic E-state index is 0.387. The molecule has 21 heavy (non-hydrogen) atoms. The molecule has 0 bridgehead atoms. The lowest BCUT2D eigenvalue weighted by molar-refractivity contribution is -0.147. The third kappa shape index (κ3) is 2.99. The van der Waals surface area contributed by atoms with Crippen molar-refractivity contribution in [3.63, 3.8) is 0 Å². The van der Waals surface area contributed by atoms with Crippen LogP contribution in [0.5, 0.6) is 0 Å². The van der Waals surface area contributed by atoms with E-state index in [2.05, 4.69) is 37.5 Å². The Kier molecular flexibility index (Phi) is 4.06. The lowest BCUT2D eigenvalue weighted by Crippen LogP contribution is -2.63. The Hall–Kier alpha value is -0.570. The largest absolute Gasteiger partial charge is 0.341 e. The average molecular weight is 292 g/mol.